The second-order valence-electron chi connectivity index (χ2n) is 10.5. The van der Waals surface area contributed by atoms with Crippen LogP contribution in [0.3, 0.4) is 0 Å². The summed E-state index contributed by atoms with van der Waals surface area (Å²) in [6.45, 7) is 10.7. The van der Waals surface area contributed by atoms with E-state index >= 15 is 0 Å². The number of anilines is 2. The van der Waals surface area contributed by atoms with E-state index in [1.165, 1.54) is 18.3 Å². The first-order chi connectivity index (χ1) is 16.7. The zero-order valence-electron chi connectivity index (χ0n) is 21.3. The average Bonchev–Trinajstić information content (AvgIpc) is 2.83. The number of hydrogen-bond acceptors (Lipinski definition) is 4. The Bertz CT molecular complexity index is 985. The smallest absolute Gasteiger partial charge is 0.315 e. The summed E-state index contributed by atoms with van der Waals surface area (Å²) < 4.78 is 18.6. The monoisotopic (exact) mass is 482 g/mol. The molecule has 0 bridgehead atoms. The van der Waals surface area contributed by atoms with Crippen molar-refractivity contribution in [2.24, 2.45) is 11.3 Å². The van der Waals surface area contributed by atoms with E-state index in [2.05, 4.69) is 55.8 Å². The van der Waals surface area contributed by atoms with Gasteiger partial charge in [-0.3, -0.25) is 0 Å². The number of nitrogens with one attached hydrogen (secondary N) is 4. The first-order valence-corrected chi connectivity index (χ1v) is 12.5. The van der Waals surface area contributed by atoms with Crippen molar-refractivity contribution in [2.45, 2.75) is 58.9 Å². The van der Waals surface area contributed by atoms with Crippen LogP contribution in [0.1, 0.15) is 64.0 Å². The minimum atomic E-state index is -0.285. The van der Waals surface area contributed by atoms with Crippen molar-refractivity contribution in [3.8, 4) is 0 Å². The van der Waals surface area contributed by atoms with Gasteiger partial charge in [-0.2, -0.15) is 0 Å². The Labute approximate surface area is 208 Å². The predicted molar refractivity (Wildman–Crippen MR) is 140 cm³/mol. The molecule has 1 heterocycles. The van der Waals surface area contributed by atoms with E-state index in [1.54, 1.807) is 12.1 Å². The van der Waals surface area contributed by atoms with Crippen LogP contribution >= 0.6 is 0 Å². The molecule has 1 unspecified atom stereocenters. The molecular formula is C28H39FN4O2. The molecule has 1 atom stereocenters. The van der Waals surface area contributed by atoms with Crippen LogP contribution in [0.5, 0.6) is 0 Å². The van der Waals surface area contributed by atoms with Crippen LogP contribution in [0.25, 0.3) is 0 Å². The van der Waals surface area contributed by atoms with Gasteiger partial charge in [0.15, 0.2) is 0 Å². The molecule has 0 radical (unpaired) electrons. The maximum absolute atomic E-state index is 13.3. The number of halogens is 1. The van der Waals surface area contributed by atoms with Gasteiger partial charge in [0.05, 0.1) is 0 Å². The minimum Gasteiger partial charge on any atom is -0.381 e. The van der Waals surface area contributed by atoms with Gasteiger partial charge in [0.2, 0.25) is 0 Å². The zero-order chi connectivity index (χ0) is 25.4. The fourth-order valence-corrected chi connectivity index (χ4v) is 4.61. The molecule has 4 N–H and O–H groups in total. The van der Waals surface area contributed by atoms with Crippen LogP contribution in [0.15, 0.2) is 42.5 Å². The first kappa shape index (κ1) is 26.7. The fourth-order valence-electron chi connectivity index (χ4n) is 4.61. The van der Waals surface area contributed by atoms with Crippen molar-refractivity contribution in [1.82, 2.24) is 10.6 Å². The number of urea groups is 1. The maximum atomic E-state index is 13.3. The highest BCUT2D eigenvalue weighted by molar-refractivity contribution is 5.87. The third kappa shape index (κ3) is 7.79. The highest BCUT2D eigenvalue weighted by Crippen LogP contribution is 2.41. The van der Waals surface area contributed by atoms with Crippen LogP contribution in [-0.4, -0.2) is 38.0 Å². The maximum Gasteiger partial charge on any atom is 0.315 e. The number of carbonyl (C=O) groups excluding carboxylic acids is 1. The molecule has 7 heteroatoms. The van der Waals surface area contributed by atoms with Crippen LogP contribution in [0.2, 0.25) is 0 Å². The Balaban J connectivity index is 1.74. The van der Waals surface area contributed by atoms with Crippen molar-refractivity contribution >= 4 is 23.6 Å². The largest absolute Gasteiger partial charge is 0.381 e. The second-order valence-corrected chi connectivity index (χ2v) is 10.5. The van der Waals surface area contributed by atoms with Crippen molar-refractivity contribution in [3.05, 3.63) is 59.4 Å². The third-order valence-corrected chi connectivity index (χ3v) is 6.67. The Kier molecular flexibility index (Phi) is 9.26. The van der Waals surface area contributed by atoms with Gasteiger partial charge in [-0.15, -0.1) is 0 Å². The Morgan fingerprint density at radius 2 is 1.86 bits per heavy atom. The lowest BCUT2D eigenvalue weighted by molar-refractivity contribution is 0.0799. The van der Waals surface area contributed by atoms with E-state index in [4.69, 9.17) is 10.1 Å². The summed E-state index contributed by atoms with van der Waals surface area (Å²) in [5.41, 5.74) is 3.26. The summed E-state index contributed by atoms with van der Waals surface area (Å²) in [6.07, 6.45) is 3.99. The lowest BCUT2D eigenvalue weighted by Crippen LogP contribution is -2.47. The van der Waals surface area contributed by atoms with Gasteiger partial charge in [-0.1, -0.05) is 33.8 Å². The summed E-state index contributed by atoms with van der Waals surface area (Å²) in [7, 11) is 0. The standard InChI is InChI=1S/C28H39FN4O2/c1-19(2)15-25(28(3,4)18-31-27(34)33-24-11-13-35-14-12-24)20-5-10-26(21(16-20)17-30)32-23-8-6-22(29)7-9-23/h5-10,16-17,19,24-25,30,32H,11-15,18H2,1-4H3,(H2,31,33,34). The van der Waals surface area contributed by atoms with Crippen molar-refractivity contribution in [2.75, 3.05) is 25.1 Å². The summed E-state index contributed by atoms with van der Waals surface area (Å²) in [5.74, 6) is 0.368. The highest BCUT2D eigenvalue weighted by Gasteiger charge is 2.32. The third-order valence-electron chi connectivity index (χ3n) is 6.67. The molecular weight excluding hydrogens is 443 g/mol. The summed E-state index contributed by atoms with van der Waals surface area (Å²) in [6, 6.07) is 12.3. The number of benzene rings is 2. The molecule has 190 valence electrons. The van der Waals surface area contributed by atoms with E-state index < -0.39 is 0 Å². The molecule has 1 aliphatic rings. The molecule has 2 aromatic rings. The average molecular weight is 483 g/mol. The molecule has 35 heavy (non-hydrogen) atoms. The van der Waals surface area contributed by atoms with E-state index in [1.807, 2.05) is 6.07 Å². The molecule has 0 aliphatic carbocycles. The fraction of sp³-hybridized carbons (Fsp3) is 0.500. The molecule has 2 aromatic carbocycles. The van der Waals surface area contributed by atoms with Gasteiger partial charge in [0, 0.05) is 49.0 Å². The lowest BCUT2D eigenvalue weighted by Gasteiger charge is -2.37. The quantitative estimate of drug-likeness (QED) is 0.304. The lowest BCUT2D eigenvalue weighted by atomic mass is 9.71. The molecule has 0 aromatic heterocycles. The van der Waals surface area contributed by atoms with E-state index in [0.29, 0.717) is 25.7 Å². The van der Waals surface area contributed by atoms with Gasteiger partial charge >= 0.3 is 6.03 Å². The normalized spacial score (nSPS) is 15.5. The SMILES string of the molecule is CC(C)CC(c1ccc(Nc2ccc(F)cc2)c(C=N)c1)C(C)(C)CNC(=O)NC1CCOCC1. The van der Waals surface area contributed by atoms with E-state index in [9.17, 15) is 9.18 Å². The molecule has 1 saturated heterocycles. The molecule has 1 fully saturated rings. The number of ether oxygens (including phenoxy) is 1. The molecule has 6 nitrogen and oxygen atoms in total. The molecule has 0 spiro atoms. The van der Waals surface area contributed by atoms with Gasteiger partial charge in [-0.25, -0.2) is 9.18 Å². The van der Waals surface area contributed by atoms with Crippen molar-refractivity contribution in [1.29, 1.82) is 5.41 Å². The number of hydrogen-bond donors (Lipinski definition) is 4. The number of carbonyl (C=O) groups is 1. The zero-order valence-corrected chi connectivity index (χ0v) is 21.3. The molecule has 1 aliphatic heterocycles. The van der Waals surface area contributed by atoms with Crippen LogP contribution < -0.4 is 16.0 Å². The second kappa shape index (κ2) is 12.2. The minimum absolute atomic E-state index is 0.132. The first-order valence-electron chi connectivity index (χ1n) is 12.5. The Morgan fingerprint density at radius 1 is 1.17 bits per heavy atom. The molecule has 2 amide bonds. The summed E-state index contributed by atoms with van der Waals surface area (Å²) in [5, 5.41) is 17.4. The van der Waals surface area contributed by atoms with Crippen LogP contribution in [0.4, 0.5) is 20.6 Å². The number of amides is 2. The van der Waals surface area contributed by atoms with Crippen molar-refractivity contribution < 1.29 is 13.9 Å². The van der Waals surface area contributed by atoms with Gasteiger partial charge < -0.3 is 26.1 Å². The Hall–Kier alpha value is -2.93. The summed E-state index contributed by atoms with van der Waals surface area (Å²) >= 11 is 0. The molecule has 3 rings (SSSR count). The van der Waals surface area contributed by atoms with Gasteiger partial charge in [0.25, 0.3) is 0 Å². The topological polar surface area (TPSA) is 86.2 Å². The van der Waals surface area contributed by atoms with E-state index in [0.717, 1.165) is 41.8 Å². The van der Waals surface area contributed by atoms with Crippen LogP contribution in [0, 0.1) is 22.6 Å². The Morgan fingerprint density at radius 3 is 2.49 bits per heavy atom. The molecule has 0 saturated carbocycles. The summed E-state index contributed by atoms with van der Waals surface area (Å²) in [4.78, 5) is 12.6. The van der Waals surface area contributed by atoms with Crippen molar-refractivity contribution in [3.63, 3.8) is 0 Å². The van der Waals surface area contributed by atoms with Crippen LogP contribution in [-0.2, 0) is 4.74 Å². The highest BCUT2D eigenvalue weighted by atomic mass is 19.1. The van der Waals surface area contributed by atoms with E-state index in [-0.39, 0.29) is 29.2 Å². The van der Waals surface area contributed by atoms with Gasteiger partial charge in [0.1, 0.15) is 5.82 Å². The number of rotatable bonds is 10. The predicted octanol–water partition coefficient (Wildman–Crippen LogP) is 6.20. The van der Waals surface area contributed by atoms with Gasteiger partial charge in [-0.05, 0) is 78.5 Å².